The van der Waals surface area contributed by atoms with E-state index in [9.17, 15) is 14.4 Å². The Bertz CT molecular complexity index is 580. The van der Waals surface area contributed by atoms with Gasteiger partial charge < -0.3 is 10.4 Å². The van der Waals surface area contributed by atoms with Crippen molar-refractivity contribution in [2.45, 2.75) is 32.4 Å². The molecular formula is C14H16N2O4. The van der Waals surface area contributed by atoms with Crippen molar-refractivity contribution in [1.82, 2.24) is 10.2 Å². The van der Waals surface area contributed by atoms with E-state index in [1.807, 2.05) is 0 Å². The van der Waals surface area contributed by atoms with Gasteiger partial charge in [0.15, 0.2) is 0 Å². The molecule has 0 atom stereocenters. The molecule has 1 heterocycles. The standard InChI is InChI=1S/C14H16N2O4/c1-14(2)12(19)16(13(20)15-14)8-10-6-4-3-5-9(10)7-11(17)18/h3-6H,7-8H2,1-2H3,(H,15,20)(H,17,18). The zero-order valence-electron chi connectivity index (χ0n) is 11.3. The monoisotopic (exact) mass is 276 g/mol. The van der Waals surface area contributed by atoms with Crippen molar-refractivity contribution in [3.05, 3.63) is 35.4 Å². The summed E-state index contributed by atoms with van der Waals surface area (Å²) in [5.41, 5.74) is 0.347. The first-order valence-electron chi connectivity index (χ1n) is 6.24. The number of nitrogens with zero attached hydrogens (tertiary/aromatic N) is 1. The second-order valence-corrected chi connectivity index (χ2v) is 5.29. The molecule has 20 heavy (non-hydrogen) atoms. The lowest BCUT2D eigenvalue weighted by Crippen LogP contribution is -2.40. The molecule has 1 saturated heterocycles. The van der Waals surface area contributed by atoms with Crippen LogP contribution in [0.4, 0.5) is 4.79 Å². The predicted octanol–water partition coefficient (Wildman–Crippen LogP) is 1.14. The highest BCUT2D eigenvalue weighted by Crippen LogP contribution is 2.21. The number of imide groups is 1. The van der Waals surface area contributed by atoms with E-state index in [0.717, 1.165) is 4.90 Å². The fourth-order valence-electron chi connectivity index (χ4n) is 2.18. The molecule has 1 aromatic carbocycles. The van der Waals surface area contributed by atoms with E-state index in [-0.39, 0.29) is 18.9 Å². The Morgan fingerprint density at radius 1 is 1.25 bits per heavy atom. The number of amides is 3. The van der Waals surface area contributed by atoms with Crippen LogP contribution in [0.1, 0.15) is 25.0 Å². The highest BCUT2D eigenvalue weighted by molar-refractivity contribution is 6.06. The fraction of sp³-hybridized carbons (Fsp3) is 0.357. The Morgan fingerprint density at radius 2 is 1.85 bits per heavy atom. The number of hydrogen-bond donors (Lipinski definition) is 2. The third-order valence-corrected chi connectivity index (χ3v) is 3.23. The summed E-state index contributed by atoms with van der Waals surface area (Å²) in [6.07, 6.45) is -0.136. The van der Waals surface area contributed by atoms with Gasteiger partial charge in [0.2, 0.25) is 0 Å². The molecule has 1 aliphatic rings. The third kappa shape index (κ3) is 2.64. The van der Waals surface area contributed by atoms with E-state index < -0.39 is 17.5 Å². The smallest absolute Gasteiger partial charge is 0.325 e. The van der Waals surface area contributed by atoms with E-state index >= 15 is 0 Å². The summed E-state index contributed by atoms with van der Waals surface area (Å²) in [5.74, 6) is -1.26. The van der Waals surface area contributed by atoms with Crippen LogP contribution in [-0.4, -0.2) is 33.5 Å². The van der Waals surface area contributed by atoms with Crippen molar-refractivity contribution in [2.75, 3.05) is 0 Å². The fourth-order valence-corrected chi connectivity index (χ4v) is 2.18. The molecule has 106 valence electrons. The Kier molecular flexibility index (Phi) is 3.48. The summed E-state index contributed by atoms with van der Waals surface area (Å²) in [7, 11) is 0. The molecular weight excluding hydrogens is 260 g/mol. The van der Waals surface area contributed by atoms with Gasteiger partial charge in [0.25, 0.3) is 5.91 Å². The minimum Gasteiger partial charge on any atom is -0.481 e. The van der Waals surface area contributed by atoms with Crippen LogP contribution < -0.4 is 5.32 Å². The van der Waals surface area contributed by atoms with Gasteiger partial charge in [-0.05, 0) is 25.0 Å². The lowest BCUT2D eigenvalue weighted by atomic mass is 10.0. The van der Waals surface area contributed by atoms with E-state index in [1.165, 1.54) is 0 Å². The molecule has 2 rings (SSSR count). The van der Waals surface area contributed by atoms with Crippen LogP contribution in [0.5, 0.6) is 0 Å². The molecule has 0 aliphatic carbocycles. The SMILES string of the molecule is CC1(C)NC(=O)N(Cc2ccccc2CC(=O)O)C1=O. The topological polar surface area (TPSA) is 86.7 Å². The van der Waals surface area contributed by atoms with Crippen LogP contribution in [0.3, 0.4) is 0 Å². The number of carbonyl (C=O) groups excluding carboxylic acids is 2. The van der Waals surface area contributed by atoms with E-state index in [4.69, 9.17) is 5.11 Å². The third-order valence-electron chi connectivity index (χ3n) is 3.23. The lowest BCUT2D eigenvalue weighted by molar-refractivity contribution is -0.136. The quantitative estimate of drug-likeness (QED) is 0.807. The average Bonchev–Trinajstić information content (AvgIpc) is 2.53. The van der Waals surface area contributed by atoms with Crippen LogP contribution in [0.25, 0.3) is 0 Å². The highest BCUT2D eigenvalue weighted by Gasteiger charge is 2.44. The molecule has 2 N–H and O–H groups in total. The van der Waals surface area contributed by atoms with Crippen molar-refractivity contribution in [3.8, 4) is 0 Å². The second-order valence-electron chi connectivity index (χ2n) is 5.29. The maximum Gasteiger partial charge on any atom is 0.325 e. The summed E-state index contributed by atoms with van der Waals surface area (Å²) in [6, 6.07) is 6.45. The van der Waals surface area contributed by atoms with E-state index in [0.29, 0.717) is 11.1 Å². The number of carboxylic acid groups (broad SMARTS) is 1. The van der Waals surface area contributed by atoms with Crippen LogP contribution in [0, 0.1) is 0 Å². The number of carbonyl (C=O) groups is 3. The van der Waals surface area contributed by atoms with Crippen molar-refractivity contribution in [1.29, 1.82) is 0 Å². The lowest BCUT2D eigenvalue weighted by Gasteiger charge is -2.17. The van der Waals surface area contributed by atoms with Gasteiger partial charge >= 0.3 is 12.0 Å². The summed E-state index contributed by atoms with van der Waals surface area (Å²) >= 11 is 0. The van der Waals surface area contributed by atoms with Gasteiger partial charge in [-0.25, -0.2) is 4.79 Å². The minimum atomic E-state index is -0.949. The predicted molar refractivity (Wildman–Crippen MR) is 70.9 cm³/mol. The van der Waals surface area contributed by atoms with Gasteiger partial charge in [-0.1, -0.05) is 24.3 Å². The summed E-state index contributed by atoms with van der Waals surface area (Å²) in [6.45, 7) is 3.35. The molecule has 1 aliphatic heterocycles. The zero-order chi connectivity index (χ0) is 14.9. The highest BCUT2D eigenvalue weighted by atomic mass is 16.4. The molecule has 0 saturated carbocycles. The van der Waals surface area contributed by atoms with Gasteiger partial charge in [0, 0.05) is 0 Å². The molecule has 0 unspecified atom stereocenters. The van der Waals surface area contributed by atoms with Crippen LogP contribution in [0.15, 0.2) is 24.3 Å². The number of carboxylic acids is 1. The molecule has 1 aromatic rings. The molecule has 1 fully saturated rings. The first-order valence-corrected chi connectivity index (χ1v) is 6.24. The molecule has 3 amide bonds. The Hall–Kier alpha value is -2.37. The largest absolute Gasteiger partial charge is 0.481 e. The normalized spacial score (nSPS) is 17.2. The van der Waals surface area contributed by atoms with Crippen LogP contribution >= 0.6 is 0 Å². The number of nitrogens with one attached hydrogen (secondary N) is 1. The second kappa shape index (κ2) is 4.96. The van der Waals surface area contributed by atoms with Gasteiger partial charge in [0.1, 0.15) is 5.54 Å². The maximum atomic E-state index is 12.1. The number of benzene rings is 1. The van der Waals surface area contributed by atoms with Crippen molar-refractivity contribution in [2.24, 2.45) is 0 Å². The van der Waals surface area contributed by atoms with Crippen LogP contribution in [0.2, 0.25) is 0 Å². The first kappa shape index (κ1) is 14.0. The number of rotatable bonds is 4. The molecule has 0 radical (unpaired) electrons. The van der Waals surface area contributed by atoms with Gasteiger partial charge in [0.05, 0.1) is 13.0 Å². The number of hydrogen-bond acceptors (Lipinski definition) is 3. The Labute approximate surface area is 116 Å². The molecule has 0 spiro atoms. The van der Waals surface area contributed by atoms with Crippen molar-refractivity contribution < 1.29 is 19.5 Å². The van der Waals surface area contributed by atoms with Crippen LogP contribution in [-0.2, 0) is 22.6 Å². The summed E-state index contributed by atoms with van der Waals surface area (Å²) < 4.78 is 0. The van der Waals surface area contributed by atoms with Gasteiger partial charge in [-0.2, -0.15) is 0 Å². The molecule has 6 nitrogen and oxygen atoms in total. The van der Waals surface area contributed by atoms with E-state index in [1.54, 1.807) is 38.1 Å². The van der Waals surface area contributed by atoms with Gasteiger partial charge in [-0.15, -0.1) is 0 Å². The number of aliphatic carboxylic acids is 1. The molecule has 6 heteroatoms. The van der Waals surface area contributed by atoms with Gasteiger partial charge in [-0.3, -0.25) is 14.5 Å². The summed E-state index contributed by atoms with van der Waals surface area (Å²) in [5, 5.41) is 11.5. The first-order chi connectivity index (χ1) is 9.31. The maximum absolute atomic E-state index is 12.1. The van der Waals surface area contributed by atoms with Crippen molar-refractivity contribution >= 4 is 17.9 Å². The average molecular weight is 276 g/mol. The van der Waals surface area contributed by atoms with E-state index in [2.05, 4.69) is 5.32 Å². The molecule has 0 bridgehead atoms. The molecule has 0 aromatic heterocycles. The zero-order valence-corrected chi connectivity index (χ0v) is 11.3. The Balaban J connectivity index is 2.25. The summed E-state index contributed by atoms with van der Waals surface area (Å²) in [4.78, 5) is 35.9. The Morgan fingerprint density at radius 3 is 2.35 bits per heavy atom. The number of urea groups is 1. The van der Waals surface area contributed by atoms with Crippen molar-refractivity contribution in [3.63, 3.8) is 0 Å². The minimum absolute atomic E-state index is 0.0809.